The maximum Gasteiger partial charge on any atom is 0.227 e. The molecule has 24 heavy (non-hydrogen) atoms. The molecular formula is C18H24N4OS. The van der Waals surface area contributed by atoms with E-state index in [0.717, 1.165) is 31.6 Å². The molecule has 0 bridgehead atoms. The van der Waals surface area contributed by atoms with Crippen molar-refractivity contribution >= 4 is 17.2 Å². The van der Waals surface area contributed by atoms with E-state index < -0.39 is 0 Å². The van der Waals surface area contributed by atoms with Gasteiger partial charge in [-0.3, -0.25) is 9.48 Å². The average molecular weight is 344 g/mol. The van der Waals surface area contributed by atoms with Gasteiger partial charge in [0.2, 0.25) is 5.91 Å². The van der Waals surface area contributed by atoms with Crippen molar-refractivity contribution in [2.75, 3.05) is 13.1 Å². The summed E-state index contributed by atoms with van der Waals surface area (Å²) in [6.07, 6.45) is 7.73. The zero-order valence-corrected chi connectivity index (χ0v) is 14.9. The number of thiophene rings is 1. The molecule has 1 aliphatic carbocycles. The van der Waals surface area contributed by atoms with E-state index >= 15 is 0 Å². The summed E-state index contributed by atoms with van der Waals surface area (Å²) in [6.45, 7) is 2.90. The second kappa shape index (κ2) is 6.33. The van der Waals surface area contributed by atoms with E-state index in [2.05, 4.69) is 32.1 Å². The standard InChI is InChI=1S/C18H24N4OS/c1-21-11-15(10-20-21)8-17(23)22(12-14-2-7-24-13-14)16-9-18(16)3-5-19-6-4-18/h2,7,10-11,13,16,19H,3-6,8-9,12H2,1H3/t16-/m1/s1. The first-order valence-corrected chi connectivity index (χ1v) is 9.59. The van der Waals surface area contributed by atoms with Gasteiger partial charge in [0.1, 0.15) is 0 Å². The Morgan fingerprint density at radius 2 is 2.29 bits per heavy atom. The number of piperidine rings is 1. The van der Waals surface area contributed by atoms with Crippen molar-refractivity contribution in [1.29, 1.82) is 0 Å². The molecule has 128 valence electrons. The zero-order chi connectivity index (χ0) is 16.6. The van der Waals surface area contributed by atoms with E-state index in [1.165, 1.54) is 18.4 Å². The number of hydrogen-bond acceptors (Lipinski definition) is 4. The molecule has 0 unspecified atom stereocenters. The van der Waals surface area contributed by atoms with Gasteiger partial charge < -0.3 is 10.2 Å². The maximum atomic E-state index is 13.0. The Balaban J connectivity index is 1.51. The van der Waals surface area contributed by atoms with Gasteiger partial charge in [0, 0.05) is 25.8 Å². The van der Waals surface area contributed by atoms with Crippen molar-refractivity contribution in [1.82, 2.24) is 20.0 Å². The lowest BCUT2D eigenvalue weighted by Crippen LogP contribution is -2.39. The molecule has 2 aliphatic rings. The van der Waals surface area contributed by atoms with Crippen LogP contribution < -0.4 is 5.32 Å². The molecule has 5 nitrogen and oxygen atoms in total. The average Bonchev–Trinajstić information content (AvgIpc) is 2.96. The monoisotopic (exact) mass is 344 g/mol. The first-order chi connectivity index (χ1) is 11.7. The van der Waals surface area contributed by atoms with E-state index in [1.54, 1.807) is 22.2 Å². The van der Waals surface area contributed by atoms with Crippen LogP contribution in [0.25, 0.3) is 0 Å². The normalized spacial score (nSPS) is 21.8. The number of rotatable bonds is 5. The predicted octanol–water partition coefficient (Wildman–Crippen LogP) is 2.20. The highest BCUT2D eigenvalue weighted by Crippen LogP contribution is 2.56. The van der Waals surface area contributed by atoms with Crippen LogP contribution in [-0.2, 0) is 24.8 Å². The fourth-order valence-electron chi connectivity index (χ4n) is 4.02. The lowest BCUT2D eigenvalue weighted by Gasteiger charge is -2.29. The van der Waals surface area contributed by atoms with Gasteiger partial charge in [-0.15, -0.1) is 0 Å². The van der Waals surface area contributed by atoms with Gasteiger partial charge in [-0.05, 0) is 65.7 Å². The van der Waals surface area contributed by atoms with Gasteiger partial charge in [0.15, 0.2) is 0 Å². The third-order valence-electron chi connectivity index (χ3n) is 5.49. The molecular weight excluding hydrogens is 320 g/mol. The Kier molecular flexibility index (Phi) is 4.18. The van der Waals surface area contributed by atoms with E-state index in [0.29, 0.717) is 17.9 Å². The molecule has 0 aromatic carbocycles. The van der Waals surface area contributed by atoms with Crippen LogP contribution in [0, 0.1) is 5.41 Å². The molecule has 1 amide bonds. The second-order valence-electron chi connectivity index (χ2n) is 7.18. The highest BCUT2D eigenvalue weighted by atomic mass is 32.1. The van der Waals surface area contributed by atoms with Gasteiger partial charge in [-0.25, -0.2) is 0 Å². The Morgan fingerprint density at radius 3 is 2.96 bits per heavy atom. The molecule has 1 aliphatic heterocycles. The largest absolute Gasteiger partial charge is 0.334 e. The topological polar surface area (TPSA) is 50.2 Å². The van der Waals surface area contributed by atoms with E-state index in [9.17, 15) is 4.79 Å². The molecule has 2 aromatic rings. The molecule has 4 rings (SSSR count). The molecule has 6 heteroatoms. The van der Waals surface area contributed by atoms with Crippen LogP contribution in [0.5, 0.6) is 0 Å². The fraction of sp³-hybridized carbons (Fsp3) is 0.556. The van der Waals surface area contributed by atoms with Crippen LogP contribution in [0.1, 0.15) is 30.4 Å². The van der Waals surface area contributed by atoms with Crippen LogP contribution >= 0.6 is 11.3 Å². The van der Waals surface area contributed by atoms with Crippen LogP contribution in [0.4, 0.5) is 0 Å². The molecule has 3 heterocycles. The van der Waals surface area contributed by atoms with E-state index in [1.807, 2.05) is 13.2 Å². The highest BCUT2D eigenvalue weighted by Gasteiger charge is 2.57. The number of aryl methyl sites for hydroxylation is 1. The van der Waals surface area contributed by atoms with Crippen LogP contribution in [0.3, 0.4) is 0 Å². The Hall–Kier alpha value is -1.66. The van der Waals surface area contributed by atoms with Crippen molar-refractivity contribution in [3.63, 3.8) is 0 Å². The SMILES string of the molecule is Cn1cc(CC(=O)N(Cc2ccsc2)[C@@H]2CC23CCNCC3)cn1. The summed E-state index contributed by atoms with van der Waals surface area (Å²) in [5.74, 6) is 0.231. The van der Waals surface area contributed by atoms with Crippen molar-refractivity contribution in [3.8, 4) is 0 Å². The van der Waals surface area contributed by atoms with E-state index in [4.69, 9.17) is 0 Å². The maximum absolute atomic E-state index is 13.0. The fourth-order valence-corrected chi connectivity index (χ4v) is 4.68. The minimum absolute atomic E-state index is 0.231. The molecule has 2 aromatic heterocycles. The van der Waals surface area contributed by atoms with Gasteiger partial charge in [0.05, 0.1) is 12.6 Å². The number of nitrogens with zero attached hydrogens (tertiary/aromatic N) is 3. The van der Waals surface area contributed by atoms with Gasteiger partial charge in [-0.1, -0.05) is 0 Å². The van der Waals surface area contributed by atoms with Crippen molar-refractivity contribution in [2.24, 2.45) is 12.5 Å². The Morgan fingerprint density at radius 1 is 1.46 bits per heavy atom. The third kappa shape index (κ3) is 3.13. The smallest absolute Gasteiger partial charge is 0.227 e. The third-order valence-corrected chi connectivity index (χ3v) is 6.22. The summed E-state index contributed by atoms with van der Waals surface area (Å²) < 4.78 is 1.76. The molecule has 1 N–H and O–H groups in total. The van der Waals surface area contributed by atoms with Gasteiger partial charge in [-0.2, -0.15) is 16.4 Å². The van der Waals surface area contributed by atoms with Gasteiger partial charge in [0.25, 0.3) is 0 Å². The molecule has 1 spiro atoms. The van der Waals surface area contributed by atoms with Crippen molar-refractivity contribution in [3.05, 3.63) is 40.3 Å². The minimum atomic E-state index is 0.231. The summed E-state index contributed by atoms with van der Waals surface area (Å²) in [6, 6.07) is 2.54. The number of nitrogens with one attached hydrogen (secondary N) is 1. The number of amides is 1. The van der Waals surface area contributed by atoms with Crippen LogP contribution in [-0.4, -0.2) is 39.7 Å². The molecule has 0 radical (unpaired) electrons. The van der Waals surface area contributed by atoms with Crippen molar-refractivity contribution < 1.29 is 4.79 Å². The highest BCUT2D eigenvalue weighted by molar-refractivity contribution is 7.07. The number of carbonyl (C=O) groups is 1. The molecule has 1 atom stereocenters. The first kappa shape index (κ1) is 15.8. The summed E-state index contributed by atoms with van der Waals surface area (Å²) >= 11 is 1.70. The Bertz CT molecular complexity index is 702. The molecule has 2 fully saturated rings. The number of carbonyl (C=O) groups excluding carboxylic acids is 1. The first-order valence-electron chi connectivity index (χ1n) is 8.65. The Labute approximate surface area is 146 Å². The van der Waals surface area contributed by atoms with E-state index in [-0.39, 0.29) is 5.91 Å². The quantitative estimate of drug-likeness (QED) is 0.905. The lowest BCUT2D eigenvalue weighted by atomic mass is 9.93. The molecule has 1 saturated heterocycles. The van der Waals surface area contributed by atoms with Crippen LogP contribution in [0.15, 0.2) is 29.2 Å². The zero-order valence-electron chi connectivity index (χ0n) is 14.1. The summed E-state index contributed by atoms with van der Waals surface area (Å²) in [5, 5.41) is 11.9. The summed E-state index contributed by atoms with van der Waals surface area (Å²) in [5.41, 5.74) is 2.61. The minimum Gasteiger partial charge on any atom is -0.334 e. The van der Waals surface area contributed by atoms with Crippen molar-refractivity contribution in [2.45, 2.75) is 38.3 Å². The number of hydrogen-bond donors (Lipinski definition) is 1. The lowest BCUT2D eigenvalue weighted by molar-refractivity contribution is -0.132. The second-order valence-corrected chi connectivity index (χ2v) is 7.96. The molecule has 1 saturated carbocycles. The van der Waals surface area contributed by atoms with Crippen LogP contribution in [0.2, 0.25) is 0 Å². The van der Waals surface area contributed by atoms with Gasteiger partial charge >= 0.3 is 0 Å². The number of aromatic nitrogens is 2. The summed E-state index contributed by atoms with van der Waals surface area (Å²) in [7, 11) is 1.89. The predicted molar refractivity (Wildman–Crippen MR) is 94.7 cm³/mol. The summed E-state index contributed by atoms with van der Waals surface area (Å²) in [4.78, 5) is 15.2.